The van der Waals surface area contributed by atoms with Crippen LogP contribution in [0.1, 0.15) is 40.9 Å². The molecule has 11 heteroatoms. The van der Waals surface area contributed by atoms with Gasteiger partial charge in [-0.3, -0.25) is 19.2 Å². The Morgan fingerprint density at radius 1 is 0.949 bits per heavy atom. The van der Waals surface area contributed by atoms with Crippen molar-refractivity contribution in [2.45, 2.75) is 32.1 Å². The van der Waals surface area contributed by atoms with Crippen LogP contribution in [0.3, 0.4) is 0 Å². The number of fused-ring (bicyclic) bond motifs is 2. The van der Waals surface area contributed by atoms with E-state index in [-0.39, 0.29) is 54.3 Å². The summed E-state index contributed by atoms with van der Waals surface area (Å²) in [6.45, 7) is 1.25. The highest BCUT2D eigenvalue weighted by molar-refractivity contribution is 6.00. The van der Waals surface area contributed by atoms with Crippen molar-refractivity contribution in [3.05, 3.63) is 69.6 Å². The van der Waals surface area contributed by atoms with Gasteiger partial charge < -0.3 is 25.4 Å². The second kappa shape index (κ2) is 11.5. The number of aryl methyl sites for hydroxylation is 2. The summed E-state index contributed by atoms with van der Waals surface area (Å²) in [4.78, 5) is 72.3. The summed E-state index contributed by atoms with van der Waals surface area (Å²) in [5.74, 6) is -0.483. The molecule has 0 spiro atoms. The first-order valence-corrected chi connectivity index (χ1v) is 13.1. The highest BCUT2D eigenvalue weighted by Gasteiger charge is 2.25. The summed E-state index contributed by atoms with van der Waals surface area (Å²) in [7, 11) is 0. The summed E-state index contributed by atoms with van der Waals surface area (Å²) in [6.07, 6.45) is 2.44. The number of H-pyrrole nitrogens is 1. The summed E-state index contributed by atoms with van der Waals surface area (Å²) in [5.41, 5.74) is 3.49. The predicted octanol–water partition coefficient (Wildman–Crippen LogP) is 1.87. The quantitative estimate of drug-likeness (QED) is 0.444. The average molecular weight is 531 g/mol. The number of piperazine rings is 1. The van der Waals surface area contributed by atoms with E-state index in [0.717, 1.165) is 18.4 Å². The molecule has 2 aromatic carbocycles. The van der Waals surface area contributed by atoms with Gasteiger partial charge >= 0.3 is 6.03 Å². The average Bonchev–Trinajstić information content (AvgIpc) is 2.95. The number of para-hydroxylation sites is 2. The number of carbonyl (C=O) groups is 4. The molecular weight excluding hydrogens is 500 g/mol. The molecule has 1 fully saturated rings. The normalized spacial score (nSPS) is 15.1. The van der Waals surface area contributed by atoms with Crippen molar-refractivity contribution in [2.75, 3.05) is 38.0 Å². The van der Waals surface area contributed by atoms with E-state index in [0.29, 0.717) is 54.9 Å². The summed E-state index contributed by atoms with van der Waals surface area (Å²) in [5, 5.41) is 5.46. The number of urea groups is 1. The van der Waals surface area contributed by atoms with Gasteiger partial charge in [-0.2, -0.15) is 0 Å². The number of Topliss-reactive ketones (excluding diaryl/α,β-unsaturated/α-hetero) is 1. The summed E-state index contributed by atoms with van der Waals surface area (Å²) in [6, 6.07) is 12.3. The maximum Gasteiger partial charge on any atom is 0.321 e. The number of benzene rings is 2. The first-order valence-electron chi connectivity index (χ1n) is 13.1. The number of amides is 4. The number of aromatic nitrogens is 2. The number of anilines is 1. The van der Waals surface area contributed by atoms with E-state index in [1.165, 1.54) is 0 Å². The van der Waals surface area contributed by atoms with Crippen LogP contribution in [0.25, 0.3) is 11.0 Å². The van der Waals surface area contributed by atoms with Crippen LogP contribution < -0.4 is 16.2 Å². The van der Waals surface area contributed by atoms with Crippen molar-refractivity contribution in [1.29, 1.82) is 0 Å². The topological polar surface area (TPSA) is 145 Å². The fraction of sp³-hybridized carbons (Fsp3) is 0.357. The lowest BCUT2D eigenvalue weighted by Crippen LogP contribution is -2.53. The number of rotatable bonds is 6. The molecule has 11 nitrogen and oxygen atoms in total. The number of ketones is 1. The van der Waals surface area contributed by atoms with Gasteiger partial charge in [-0.05, 0) is 42.7 Å². The van der Waals surface area contributed by atoms with E-state index in [2.05, 4.69) is 20.6 Å². The lowest BCUT2D eigenvalue weighted by molar-refractivity contribution is -0.134. The maximum absolute atomic E-state index is 12.7. The van der Waals surface area contributed by atoms with Crippen molar-refractivity contribution < 1.29 is 19.2 Å². The Labute approximate surface area is 224 Å². The van der Waals surface area contributed by atoms with Crippen molar-refractivity contribution in [1.82, 2.24) is 25.1 Å². The van der Waals surface area contributed by atoms with Gasteiger partial charge in [0.1, 0.15) is 5.69 Å². The molecular formula is C28H30N6O5. The van der Waals surface area contributed by atoms with Crippen LogP contribution in [0, 0.1) is 0 Å². The Balaban J connectivity index is 1.05. The molecule has 1 aliphatic heterocycles. The zero-order valence-corrected chi connectivity index (χ0v) is 21.5. The number of hydrogen-bond donors (Lipinski definition) is 3. The highest BCUT2D eigenvalue weighted by atomic mass is 16.2. The van der Waals surface area contributed by atoms with E-state index in [1.807, 2.05) is 18.2 Å². The Morgan fingerprint density at radius 2 is 1.72 bits per heavy atom. The standard InChI is InChI=1S/C28H30N6O5/c35-24-7-3-4-18-8-9-19(16-20(18)24)30-28(39)34-14-12-33(13-15-34)26(37)17-29-25(36)11-10-23-27(38)32-22-6-2-1-5-21(22)31-23/h1-2,5-6,8-9,16H,3-4,7,10-15,17H2,(H,29,36)(H,30,39)(H,32,38). The molecule has 0 atom stereocenters. The monoisotopic (exact) mass is 530 g/mol. The van der Waals surface area contributed by atoms with Gasteiger partial charge in [0.25, 0.3) is 5.56 Å². The SMILES string of the molecule is O=C(CCc1nc2ccccc2[nH]c1=O)NCC(=O)N1CCN(C(=O)Nc2ccc3c(c2)C(=O)CCC3)CC1. The van der Waals surface area contributed by atoms with Crippen molar-refractivity contribution in [2.24, 2.45) is 0 Å². The number of aromatic amines is 1. The minimum absolute atomic E-state index is 0.0317. The van der Waals surface area contributed by atoms with E-state index >= 15 is 0 Å². The second-order valence-corrected chi connectivity index (χ2v) is 9.75. The molecule has 2 aliphatic rings. The van der Waals surface area contributed by atoms with Gasteiger partial charge in [0.15, 0.2) is 5.78 Å². The van der Waals surface area contributed by atoms with Gasteiger partial charge in [-0.15, -0.1) is 0 Å². The van der Waals surface area contributed by atoms with Gasteiger partial charge in [0, 0.05) is 56.7 Å². The predicted molar refractivity (Wildman–Crippen MR) is 145 cm³/mol. The van der Waals surface area contributed by atoms with E-state index in [4.69, 9.17) is 0 Å². The zero-order valence-electron chi connectivity index (χ0n) is 21.5. The van der Waals surface area contributed by atoms with E-state index < -0.39 is 0 Å². The third-order valence-electron chi connectivity index (χ3n) is 7.13. The minimum atomic E-state index is -0.348. The lowest BCUT2D eigenvalue weighted by Gasteiger charge is -2.34. The van der Waals surface area contributed by atoms with Crippen LogP contribution in [-0.2, 0) is 22.4 Å². The summed E-state index contributed by atoms with van der Waals surface area (Å²) < 4.78 is 0. The molecule has 39 heavy (non-hydrogen) atoms. The summed E-state index contributed by atoms with van der Waals surface area (Å²) >= 11 is 0. The van der Waals surface area contributed by atoms with Crippen LogP contribution in [0.5, 0.6) is 0 Å². The van der Waals surface area contributed by atoms with Gasteiger partial charge in [-0.25, -0.2) is 9.78 Å². The highest BCUT2D eigenvalue weighted by Crippen LogP contribution is 2.24. The largest absolute Gasteiger partial charge is 0.347 e. The second-order valence-electron chi connectivity index (χ2n) is 9.75. The van der Waals surface area contributed by atoms with Crippen molar-refractivity contribution in [3.8, 4) is 0 Å². The smallest absolute Gasteiger partial charge is 0.321 e. The van der Waals surface area contributed by atoms with Crippen LogP contribution in [0.2, 0.25) is 0 Å². The molecule has 0 bridgehead atoms. The Bertz CT molecular complexity index is 1490. The molecule has 3 aromatic rings. The molecule has 1 aromatic heterocycles. The molecule has 3 N–H and O–H groups in total. The third kappa shape index (κ3) is 6.14. The fourth-order valence-electron chi connectivity index (χ4n) is 4.91. The first kappa shape index (κ1) is 26.1. The first-order chi connectivity index (χ1) is 18.9. The molecule has 4 amide bonds. The Kier molecular flexibility index (Phi) is 7.67. The number of nitrogens with zero attached hydrogens (tertiary/aromatic N) is 3. The minimum Gasteiger partial charge on any atom is -0.347 e. The Morgan fingerprint density at radius 3 is 2.54 bits per heavy atom. The molecule has 1 aliphatic carbocycles. The molecule has 0 saturated carbocycles. The van der Waals surface area contributed by atoms with E-state index in [9.17, 15) is 24.0 Å². The van der Waals surface area contributed by atoms with Crippen molar-refractivity contribution in [3.63, 3.8) is 0 Å². The molecule has 202 valence electrons. The van der Waals surface area contributed by atoms with Crippen LogP contribution in [0.15, 0.2) is 47.3 Å². The van der Waals surface area contributed by atoms with Gasteiger partial charge in [0.2, 0.25) is 11.8 Å². The number of carbonyl (C=O) groups excluding carboxylic acids is 4. The maximum atomic E-state index is 12.7. The zero-order chi connectivity index (χ0) is 27.4. The number of hydrogen-bond acceptors (Lipinski definition) is 6. The number of nitrogens with one attached hydrogen (secondary N) is 3. The fourth-order valence-corrected chi connectivity index (χ4v) is 4.91. The van der Waals surface area contributed by atoms with Crippen LogP contribution >= 0.6 is 0 Å². The molecule has 1 saturated heterocycles. The molecule has 5 rings (SSSR count). The van der Waals surface area contributed by atoms with Crippen molar-refractivity contribution >= 4 is 40.3 Å². The molecule has 0 radical (unpaired) electrons. The van der Waals surface area contributed by atoms with Gasteiger partial charge in [0.05, 0.1) is 17.6 Å². The van der Waals surface area contributed by atoms with Gasteiger partial charge in [-0.1, -0.05) is 18.2 Å². The lowest BCUT2D eigenvalue weighted by atomic mass is 9.90. The Hall–Kier alpha value is -4.54. The third-order valence-corrected chi connectivity index (χ3v) is 7.13. The molecule has 2 heterocycles. The van der Waals surface area contributed by atoms with Crippen LogP contribution in [0.4, 0.5) is 10.5 Å². The van der Waals surface area contributed by atoms with E-state index in [1.54, 1.807) is 34.1 Å². The van der Waals surface area contributed by atoms with Crippen LogP contribution in [-0.4, -0.2) is 76.1 Å². The molecule has 0 unspecified atom stereocenters.